The lowest BCUT2D eigenvalue weighted by molar-refractivity contribution is 0.614. The van der Waals surface area contributed by atoms with Crippen molar-refractivity contribution in [3.8, 4) is 0 Å². The Morgan fingerprint density at radius 2 is 2.15 bits per heavy atom. The number of nitrogens with one attached hydrogen (secondary N) is 1. The molecular weight excluding hydrogens is 257 g/mol. The third-order valence-corrected chi connectivity index (χ3v) is 3.23. The van der Waals surface area contributed by atoms with E-state index in [9.17, 15) is 4.39 Å². The fourth-order valence-corrected chi connectivity index (χ4v) is 1.85. The van der Waals surface area contributed by atoms with E-state index in [2.05, 4.69) is 15.6 Å². The summed E-state index contributed by atoms with van der Waals surface area (Å²) in [6, 6.07) is 5.41. The highest BCUT2D eigenvalue weighted by molar-refractivity contribution is 5.56. The third kappa shape index (κ3) is 3.26. The number of hydrogen-bond donors (Lipinski definition) is 1. The van der Waals surface area contributed by atoms with Gasteiger partial charge in [0, 0.05) is 32.0 Å². The van der Waals surface area contributed by atoms with Crippen molar-refractivity contribution in [2.24, 2.45) is 7.05 Å². The molecule has 108 valence electrons. The van der Waals surface area contributed by atoms with Gasteiger partial charge in [-0.15, -0.1) is 5.10 Å². The number of benzene rings is 1. The van der Waals surface area contributed by atoms with Crippen LogP contribution < -0.4 is 10.2 Å². The molecule has 0 fully saturated rings. The Bertz CT molecular complexity index is 579. The van der Waals surface area contributed by atoms with Crippen LogP contribution in [0.5, 0.6) is 0 Å². The number of rotatable bonds is 5. The lowest BCUT2D eigenvalue weighted by Gasteiger charge is -2.24. The Labute approximate surface area is 118 Å². The summed E-state index contributed by atoms with van der Waals surface area (Å²) in [4.78, 5) is 1.90. The molecule has 2 aromatic rings. The summed E-state index contributed by atoms with van der Waals surface area (Å²) in [6.07, 6.45) is 1.82. The number of aromatic nitrogens is 3. The minimum atomic E-state index is -0.231. The molecule has 20 heavy (non-hydrogen) atoms. The minimum absolute atomic E-state index is 0.231. The molecule has 5 nitrogen and oxygen atoms in total. The highest BCUT2D eigenvalue weighted by Gasteiger charge is 2.11. The van der Waals surface area contributed by atoms with Crippen LogP contribution >= 0.6 is 0 Å². The van der Waals surface area contributed by atoms with Crippen molar-refractivity contribution < 1.29 is 4.39 Å². The first kappa shape index (κ1) is 14.3. The van der Waals surface area contributed by atoms with Gasteiger partial charge in [0.15, 0.2) is 0 Å². The van der Waals surface area contributed by atoms with Gasteiger partial charge in [-0.2, -0.15) is 0 Å². The quantitative estimate of drug-likeness (QED) is 0.911. The Morgan fingerprint density at radius 1 is 1.40 bits per heavy atom. The smallest absolute Gasteiger partial charge is 0.148 e. The Hall–Kier alpha value is -2.11. The summed E-state index contributed by atoms with van der Waals surface area (Å²) in [5.41, 5.74) is 2.15. The summed E-state index contributed by atoms with van der Waals surface area (Å²) in [5.74, 6) is -0.231. The molecule has 0 saturated carbocycles. The van der Waals surface area contributed by atoms with Crippen molar-refractivity contribution in [2.75, 3.05) is 17.3 Å². The maximum absolute atomic E-state index is 14.1. The highest BCUT2D eigenvalue weighted by Crippen LogP contribution is 2.23. The van der Waals surface area contributed by atoms with Gasteiger partial charge in [0.2, 0.25) is 0 Å². The molecule has 1 aromatic carbocycles. The van der Waals surface area contributed by atoms with Crippen LogP contribution in [0.3, 0.4) is 0 Å². The molecule has 0 amide bonds. The van der Waals surface area contributed by atoms with Crippen molar-refractivity contribution in [1.82, 2.24) is 15.0 Å². The van der Waals surface area contributed by atoms with E-state index >= 15 is 0 Å². The zero-order chi connectivity index (χ0) is 14.7. The fraction of sp³-hybridized carbons (Fsp3) is 0.429. The van der Waals surface area contributed by atoms with Crippen molar-refractivity contribution in [3.05, 3.63) is 35.9 Å². The van der Waals surface area contributed by atoms with Gasteiger partial charge >= 0.3 is 0 Å². The number of aryl methyl sites for hydroxylation is 1. The summed E-state index contributed by atoms with van der Waals surface area (Å²) in [7, 11) is 3.70. The molecule has 6 heteroatoms. The van der Waals surface area contributed by atoms with E-state index in [4.69, 9.17) is 0 Å². The SMILES string of the molecule is CC(C)N(C)c1ccc(NCc2cn(C)nn2)cc1F. The van der Waals surface area contributed by atoms with Gasteiger partial charge < -0.3 is 10.2 Å². The molecule has 2 rings (SSSR count). The van der Waals surface area contributed by atoms with Gasteiger partial charge in [-0.25, -0.2) is 4.39 Å². The fourth-order valence-electron chi connectivity index (χ4n) is 1.85. The summed E-state index contributed by atoms with van der Waals surface area (Å²) >= 11 is 0. The van der Waals surface area contributed by atoms with Crippen molar-refractivity contribution in [3.63, 3.8) is 0 Å². The number of nitrogens with zero attached hydrogens (tertiary/aromatic N) is 4. The second kappa shape index (κ2) is 5.90. The van der Waals surface area contributed by atoms with E-state index in [-0.39, 0.29) is 11.9 Å². The maximum atomic E-state index is 14.1. The number of anilines is 2. The molecule has 0 aliphatic rings. The van der Waals surface area contributed by atoms with Crippen LogP contribution in [0.15, 0.2) is 24.4 Å². The second-order valence-corrected chi connectivity index (χ2v) is 5.11. The van der Waals surface area contributed by atoms with Gasteiger partial charge in [0.05, 0.1) is 12.2 Å². The van der Waals surface area contributed by atoms with E-state index in [1.807, 2.05) is 45.1 Å². The van der Waals surface area contributed by atoms with E-state index in [1.165, 1.54) is 6.07 Å². The van der Waals surface area contributed by atoms with Crippen LogP contribution in [0.1, 0.15) is 19.5 Å². The molecule has 0 atom stereocenters. The molecule has 0 aliphatic heterocycles. The summed E-state index contributed by atoms with van der Waals surface area (Å²) in [6.45, 7) is 4.58. The number of hydrogen-bond acceptors (Lipinski definition) is 4. The van der Waals surface area contributed by atoms with Crippen molar-refractivity contribution >= 4 is 11.4 Å². The molecule has 0 radical (unpaired) electrons. The first-order valence-electron chi connectivity index (χ1n) is 6.59. The molecule has 0 saturated heterocycles. The van der Waals surface area contributed by atoms with Crippen molar-refractivity contribution in [2.45, 2.75) is 26.4 Å². The maximum Gasteiger partial charge on any atom is 0.148 e. The first-order chi connectivity index (χ1) is 9.47. The van der Waals surface area contributed by atoms with Crippen LogP contribution in [-0.2, 0) is 13.6 Å². The zero-order valence-corrected chi connectivity index (χ0v) is 12.3. The van der Waals surface area contributed by atoms with Crippen LogP contribution in [0.25, 0.3) is 0 Å². The number of halogens is 1. The van der Waals surface area contributed by atoms with Gasteiger partial charge in [-0.05, 0) is 32.0 Å². The molecule has 1 aromatic heterocycles. The van der Waals surface area contributed by atoms with Crippen LogP contribution in [0.4, 0.5) is 15.8 Å². The van der Waals surface area contributed by atoms with Gasteiger partial charge in [-0.1, -0.05) is 5.21 Å². The third-order valence-electron chi connectivity index (χ3n) is 3.23. The molecule has 1 N–H and O–H groups in total. The first-order valence-corrected chi connectivity index (χ1v) is 6.59. The molecule has 0 bridgehead atoms. The highest BCUT2D eigenvalue weighted by atomic mass is 19.1. The molecule has 0 aliphatic carbocycles. The van der Waals surface area contributed by atoms with Gasteiger partial charge in [0.25, 0.3) is 0 Å². The molecule has 0 spiro atoms. The minimum Gasteiger partial charge on any atom is -0.379 e. The summed E-state index contributed by atoms with van der Waals surface area (Å²) in [5, 5.41) is 11.0. The van der Waals surface area contributed by atoms with Crippen LogP contribution in [-0.4, -0.2) is 28.1 Å². The standard InChI is InChI=1S/C14H20FN5/c1-10(2)20(4)14-6-5-11(7-13(14)15)16-8-12-9-19(3)18-17-12/h5-7,9-10,16H,8H2,1-4H3. The normalized spacial score (nSPS) is 10.9. The van der Waals surface area contributed by atoms with Gasteiger partial charge in [-0.3, -0.25) is 4.68 Å². The van der Waals surface area contributed by atoms with E-state index < -0.39 is 0 Å². The molecule has 1 heterocycles. The average Bonchev–Trinajstić information content (AvgIpc) is 2.81. The molecular formula is C14H20FN5. The topological polar surface area (TPSA) is 46.0 Å². The Morgan fingerprint density at radius 3 is 2.70 bits per heavy atom. The Balaban J connectivity index is 2.05. The monoisotopic (exact) mass is 277 g/mol. The predicted molar refractivity (Wildman–Crippen MR) is 78.3 cm³/mol. The van der Waals surface area contributed by atoms with E-state index in [0.29, 0.717) is 12.2 Å². The zero-order valence-electron chi connectivity index (χ0n) is 12.3. The predicted octanol–water partition coefficient (Wildman–Crippen LogP) is 2.41. The molecule has 0 unspecified atom stereocenters. The Kier molecular flexibility index (Phi) is 4.22. The van der Waals surface area contributed by atoms with Gasteiger partial charge in [0.1, 0.15) is 11.5 Å². The lowest BCUT2D eigenvalue weighted by atomic mass is 10.2. The average molecular weight is 277 g/mol. The van der Waals surface area contributed by atoms with Crippen LogP contribution in [0.2, 0.25) is 0 Å². The van der Waals surface area contributed by atoms with Crippen LogP contribution in [0, 0.1) is 5.82 Å². The largest absolute Gasteiger partial charge is 0.379 e. The lowest BCUT2D eigenvalue weighted by Crippen LogP contribution is -2.26. The van der Waals surface area contributed by atoms with E-state index in [0.717, 1.165) is 11.4 Å². The van der Waals surface area contributed by atoms with Crippen molar-refractivity contribution in [1.29, 1.82) is 0 Å². The van der Waals surface area contributed by atoms with E-state index in [1.54, 1.807) is 10.7 Å². The second-order valence-electron chi connectivity index (χ2n) is 5.11. The summed E-state index contributed by atoms with van der Waals surface area (Å²) < 4.78 is 15.7.